The molecule has 1 aromatic heterocycles. The van der Waals surface area contributed by atoms with Gasteiger partial charge in [0.2, 0.25) is 5.13 Å². The molecule has 4 aromatic rings. The van der Waals surface area contributed by atoms with Gasteiger partial charge in [-0.15, -0.1) is 10.2 Å². The van der Waals surface area contributed by atoms with E-state index in [-0.39, 0.29) is 16.5 Å². The second kappa shape index (κ2) is 13.2. The molecule has 0 radical (unpaired) electrons. The monoisotopic (exact) mass is 601 g/mol. The molecule has 216 valence electrons. The van der Waals surface area contributed by atoms with Crippen LogP contribution >= 0.6 is 23.1 Å². The molecule has 2 heterocycles. The number of hydrogen-bond donors (Lipinski definition) is 1. The third-order valence-corrected chi connectivity index (χ3v) is 8.96. The lowest BCUT2D eigenvalue weighted by atomic mass is 9.95. The summed E-state index contributed by atoms with van der Waals surface area (Å²) in [6.07, 6.45) is 1.89. The average Bonchev–Trinajstić information content (AvgIpc) is 3.58. The zero-order valence-corrected chi connectivity index (χ0v) is 25.2. The van der Waals surface area contributed by atoms with Crippen molar-refractivity contribution in [2.75, 3.05) is 18.6 Å². The first kappa shape index (κ1) is 29.3. The molecule has 1 N–H and O–H groups in total. The summed E-state index contributed by atoms with van der Waals surface area (Å²) in [6.45, 7) is 4.67. The molecule has 8 nitrogen and oxygen atoms in total. The van der Waals surface area contributed by atoms with Crippen LogP contribution in [0.1, 0.15) is 48.1 Å². The number of aliphatic hydroxyl groups excluding tert-OH is 1. The predicted molar refractivity (Wildman–Crippen MR) is 165 cm³/mol. The Morgan fingerprint density at radius 2 is 1.79 bits per heavy atom. The van der Waals surface area contributed by atoms with Gasteiger partial charge < -0.3 is 14.6 Å². The van der Waals surface area contributed by atoms with Crippen LogP contribution in [-0.2, 0) is 15.3 Å². The van der Waals surface area contributed by atoms with Crippen LogP contribution in [0.25, 0.3) is 5.76 Å². The first-order valence-corrected chi connectivity index (χ1v) is 15.4. The number of aliphatic hydroxyl groups is 1. The number of rotatable bonds is 11. The quantitative estimate of drug-likeness (QED) is 0.0492. The third kappa shape index (κ3) is 6.34. The molecule has 42 heavy (non-hydrogen) atoms. The molecule has 0 aliphatic carbocycles. The fourth-order valence-electron chi connectivity index (χ4n) is 4.55. The number of anilines is 1. The van der Waals surface area contributed by atoms with Gasteiger partial charge in [-0.05, 0) is 60.9 Å². The lowest BCUT2D eigenvalue weighted by molar-refractivity contribution is -0.132. The van der Waals surface area contributed by atoms with Gasteiger partial charge in [0.05, 0.1) is 25.3 Å². The summed E-state index contributed by atoms with van der Waals surface area (Å²) < 4.78 is 11.8. The maximum atomic E-state index is 13.6. The highest BCUT2D eigenvalue weighted by Gasteiger charge is 2.48. The standard InChI is InChI=1S/C32H31N3O5S2/c1-4-5-17-40-25-8-6-7-23(18-25)27-26(28(36)22-13-15-24(39-3)16-14-22)29(37)30(38)35(27)31-33-34-32(42-31)41-19-21-11-9-20(2)10-12-21/h6-16,18,27,36H,4-5,17,19H2,1-3H3. The van der Waals surface area contributed by atoms with E-state index in [4.69, 9.17) is 9.47 Å². The number of carbonyl (C=O) groups is 2. The van der Waals surface area contributed by atoms with Gasteiger partial charge in [0.1, 0.15) is 17.3 Å². The summed E-state index contributed by atoms with van der Waals surface area (Å²) in [4.78, 5) is 28.4. The van der Waals surface area contributed by atoms with Crippen LogP contribution in [0, 0.1) is 6.92 Å². The first-order valence-electron chi connectivity index (χ1n) is 13.6. The number of aryl methyl sites for hydroxylation is 1. The minimum Gasteiger partial charge on any atom is -0.507 e. The Bertz CT molecular complexity index is 1600. The van der Waals surface area contributed by atoms with Crippen molar-refractivity contribution in [2.24, 2.45) is 0 Å². The highest BCUT2D eigenvalue weighted by Crippen LogP contribution is 2.44. The van der Waals surface area contributed by atoms with Crippen molar-refractivity contribution in [2.45, 2.75) is 42.8 Å². The Balaban J connectivity index is 1.53. The number of unbranched alkanes of at least 4 members (excludes halogenated alkanes) is 1. The third-order valence-electron chi connectivity index (χ3n) is 6.83. The smallest absolute Gasteiger partial charge is 0.301 e. The minimum absolute atomic E-state index is 0.0278. The van der Waals surface area contributed by atoms with Crippen molar-refractivity contribution < 1.29 is 24.2 Å². The minimum atomic E-state index is -0.926. The summed E-state index contributed by atoms with van der Waals surface area (Å²) in [7, 11) is 1.55. The summed E-state index contributed by atoms with van der Waals surface area (Å²) in [6, 6.07) is 21.2. The second-order valence-corrected chi connectivity index (χ2v) is 12.0. The van der Waals surface area contributed by atoms with Gasteiger partial charge in [-0.2, -0.15) is 0 Å². The Labute approximate surface area is 253 Å². The van der Waals surface area contributed by atoms with Gasteiger partial charge in [0.25, 0.3) is 5.78 Å². The van der Waals surface area contributed by atoms with E-state index in [9.17, 15) is 14.7 Å². The van der Waals surface area contributed by atoms with Crippen molar-refractivity contribution in [1.29, 1.82) is 0 Å². The number of aromatic nitrogens is 2. The van der Waals surface area contributed by atoms with Gasteiger partial charge in [0, 0.05) is 11.3 Å². The van der Waals surface area contributed by atoms with Crippen molar-refractivity contribution in [3.63, 3.8) is 0 Å². The molecule has 10 heteroatoms. The van der Waals surface area contributed by atoms with Gasteiger partial charge in [-0.1, -0.05) is 78.4 Å². The van der Waals surface area contributed by atoms with Crippen LogP contribution in [0.3, 0.4) is 0 Å². The van der Waals surface area contributed by atoms with Crippen LogP contribution in [-0.4, -0.2) is 40.7 Å². The molecule has 5 rings (SSSR count). The lowest BCUT2D eigenvalue weighted by Crippen LogP contribution is -2.29. The molecule has 1 fully saturated rings. The van der Waals surface area contributed by atoms with E-state index in [1.165, 1.54) is 33.6 Å². The molecular weight excluding hydrogens is 571 g/mol. The highest BCUT2D eigenvalue weighted by atomic mass is 32.2. The van der Waals surface area contributed by atoms with Gasteiger partial charge in [0.15, 0.2) is 4.34 Å². The van der Waals surface area contributed by atoms with Gasteiger partial charge >= 0.3 is 5.91 Å². The lowest BCUT2D eigenvalue weighted by Gasteiger charge is -2.23. The number of ketones is 1. The Morgan fingerprint density at radius 1 is 1.02 bits per heavy atom. The fraction of sp³-hybridized carbons (Fsp3) is 0.250. The van der Waals surface area contributed by atoms with Crippen molar-refractivity contribution in [3.8, 4) is 11.5 Å². The maximum Gasteiger partial charge on any atom is 0.301 e. The molecule has 1 aliphatic rings. The number of nitrogens with zero attached hydrogens (tertiary/aromatic N) is 3. The number of carbonyl (C=O) groups excluding carboxylic acids is 2. The number of hydrogen-bond acceptors (Lipinski definition) is 9. The summed E-state index contributed by atoms with van der Waals surface area (Å²) in [5.41, 5.74) is 3.30. The number of Topliss-reactive ketones (excluding diaryl/α,β-unsaturated/α-hetero) is 1. The fourth-order valence-corrected chi connectivity index (χ4v) is 6.37. The van der Waals surface area contributed by atoms with Crippen LogP contribution in [0.4, 0.5) is 5.13 Å². The second-order valence-electron chi connectivity index (χ2n) is 9.80. The number of benzene rings is 3. The van der Waals surface area contributed by atoms with Gasteiger partial charge in [-0.25, -0.2) is 0 Å². The zero-order valence-electron chi connectivity index (χ0n) is 23.6. The number of amides is 1. The highest BCUT2D eigenvalue weighted by molar-refractivity contribution is 8.00. The van der Waals surface area contributed by atoms with E-state index in [0.717, 1.165) is 18.4 Å². The zero-order chi connectivity index (χ0) is 29.6. The average molecular weight is 602 g/mol. The first-order chi connectivity index (χ1) is 20.4. The maximum absolute atomic E-state index is 13.6. The molecule has 0 saturated carbocycles. The van der Waals surface area contributed by atoms with Gasteiger partial charge in [-0.3, -0.25) is 14.5 Å². The van der Waals surface area contributed by atoms with Crippen LogP contribution in [0.2, 0.25) is 0 Å². The topological polar surface area (TPSA) is 102 Å². The van der Waals surface area contributed by atoms with E-state index in [2.05, 4.69) is 41.4 Å². The van der Waals surface area contributed by atoms with Crippen molar-refractivity contribution >= 4 is 45.7 Å². The van der Waals surface area contributed by atoms with E-state index in [0.29, 0.717) is 39.3 Å². The van der Waals surface area contributed by atoms with Crippen LogP contribution in [0.15, 0.2) is 82.7 Å². The van der Waals surface area contributed by atoms with E-state index in [1.807, 2.05) is 25.1 Å². The number of methoxy groups -OCH3 is 1. The largest absolute Gasteiger partial charge is 0.507 e. The Morgan fingerprint density at radius 3 is 2.50 bits per heavy atom. The van der Waals surface area contributed by atoms with E-state index >= 15 is 0 Å². The summed E-state index contributed by atoms with van der Waals surface area (Å²) in [5.74, 6) is 0.0476. The Hall–Kier alpha value is -4.15. The molecular formula is C32H31N3O5S2. The number of thioether (sulfide) groups is 1. The number of ether oxygens (including phenoxy) is 2. The normalized spacial score (nSPS) is 16.2. The van der Waals surface area contributed by atoms with Crippen molar-refractivity contribution in [1.82, 2.24) is 10.2 Å². The Kier molecular flexibility index (Phi) is 9.24. The van der Waals surface area contributed by atoms with E-state index in [1.54, 1.807) is 37.4 Å². The summed E-state index contributed by atoms with van der Waals surface area (Å²) >= 11 is 2.74. The van der Waals surface area contributed by atoms with Crippen molar-refractivity contribution in [3.05, 3.63) is 101 Å². The molecule has 1 unspecified atom stereocenters. The molecule has 1 saturated heterocycles. The molecule has 3 aromatic carbocycles. The molecule has 0 bridgehead atoms. The van der Waals surface area contributed by atoms with E-state index < -0.39 is 17.7 Å². The molecule has 1 aliphatic heterocycles. The predicted octanol–water partition coefficient (Wildman–Crippen LogP) is 6.95. The molecule has 0 spiro atoms. The summed E-state index contributed by atoms with van der Waals surface area (Å²) in [5, 5.41) is 20.3. The van der Waals surface area contributed by atoms with Crippen LogP contribution < -0.4 is 14.4 Å². The molecule has 1 amide bonds. The van der Waals surface area contributed by atoms with Crippen LogP contribution in [0.5, 0.6) is 11.5 Å². The molecule has 1 atom stereocenters. The SMILES string of the molecule is CCCCOc1cccc(C2C(=C(O)c3ccc(OC)cc3)C(=O)C(=O)N2c2nnc(SCc3ccc(C)cc3)s2)c1.